The summed E-state index contributed by atoms with van der Waals surface area (Å²) in [6.45, 7) is 6.81. The largest absolute Gasteiger partial charge is 0.346 e. The van der Waals surface area contributed by atoms with Crippen LogP contribution in [0.2, 0.25) is 0 Å². The van der Waals surface area contributed by atoms with Crippen LogP contribution in [0.1, 0.15) is 37.3 Å². The highest BCUT2D eigenvalue weighted by Gasteiger charge is 2.20. The molecule has 1 rings (SSSR count). The molecular formula is C17H28N2O3S. The van der Waals surface area contributed by atoms with Gasteiger partial charge in [0.05, 0.1) is 11.9 Å². The Labute approximate surface area is 140 Å². The smallest absolute Gasteiger partial charge is 0.232 e. The number of anilines is 1. The summed E-state index contributed by atoms with van der Waals surface area (Å²) in [5.41, 5.74) is 2.62. The Morgan fingerprint density at radius 1 is 1.09 bits per heavy atom. The summed E-state index contributed by atoms with van der Waals surface area (Å²) in [6, 6.07) is 5.66. The molecule has 0 aliphatic rings. The summed E-state index contributed by atoms with van der Waals surface area (Å²) < 4.78 is 25.5. The molecule has 1 aromatic rings. The molecular weight excluding hydrogens is 312 g/mol. The molecule has 0 aliphatic carbocycles. The van der Waals surface area contributed by atoms with E-state index in [1.165, 1.54) is 10.6 Å². The molecule has 0 radical (unpaired) electrons. The van der Waals surface area contributed by atoms with Crippen molar-refractivity contribution in [1.29, 1.82) is 0 Å². The Bertz CT molecular complexity index is 621. The zero-order chi connectivity index (χ0) is 17.6. The highest BCUT2D eigenvalue weighted by atomic mass is 32.2. The number of hydrogen-bond donors (Lipinski definition) is 0. The van der Waals surface area contributed by atoms with Crippen LogP contribution in [0, 0.1) is 13.8 Å². The first-order valence-electron chi connectivity index (χ1n) is 7.95. The molecule has 0 heterocycles. The van der Waals surface area contributed by atoms with Gasteiger partial charge in [-0.25, -0.2) is 8.42 Å². The minimum Gasteiger partial charge on any atom is -0.346 e. The van der Waals surface area contributed by atoms with Crippen molar-refractivity contribution in [2.45, 2.75) is 40.0 Å². The van der Waals surface area contributed by atoms with Gasteiger partial charge in [0.15, 0.2) is 0 Å². The molecule has 0 bridgehead atoms. The van der Waals surface area contributed by atoms with Crippen LogP contribution < -0.4 is 4.31 Å². The van der Waals surface area contributed by atoms with Crippen molar-refractivity contribution in [3.63, 3.8) is 0 Å². The number of rotatable bonds is 8. The van der Waals surface area contributed by atoms with Crippen LogP contribution in [0.25, 0.3) is 0 Å². The van der Waals surface area contributed by atoms with Crippen LogP contribution in [0.5, 0.6) is 0 Å². The summed E-state index contributed by atoms with van der Waals surface area (Å²) in [5.74, 6) is -0.0310. The Hall–Kier alpha value is -1.56. The predicted octanol–water partition coefficient (Wildman–Crippen LogP) is 2.72. The number of carbonyl (C=O) groups is 1. The van der Waals surface area contributed by atoms with E-state index >= 15 is 0 Å². The third-order valence-electron chi connectivity index (χ3n) is 3.70. The van der Waals surface area contributed by atoms with E-state index in [2.05, 4.69) is 6.92 Å². The van der Waals surface area contributed by atoms with Gasteiger partial charge in [-0.15, -0.1) is 0 Å². The number of nitrogens with zero attached hydrogens (tertiary/aromatic N) is 2. The first-order chi connectivity index (χ1) is 10.6. The summed E-state index contributed by atoms with van der Waals surface area (Å²) in [5, 5.41) is 0. The van der Waals surface area contributed by atoms with Gasteiger partial charge in [0.1, 0.15) is 0 Å². The molecule has 5 nitrogen and oxygen atoms in total. The lowest BCUT2D eigenvalue weighted by Gasteiger charge is -2.24. The minimum atomic E-state index is -3.43. The van der Waals surface area contributed by atoms with E-state index in [9.17, 15) is 13.2 Å². The molecule has 0 saturated carbocycles. The van der Waals surface area contributed by atoms with Gasteiger partial charge in [-0.05, 0) is 43.5 Å². The molecule has 130 valence electrons. The molecule has 0 unspecified atom stereocenters. The molecule has 0 atom stereocenters. The monoisotopic (exact) mass is 340 g/mol. The summed E-state index contributed by atoms with van der Waals surface area (Å²) in [6.07, 6.45) is 3.33. The summed E-state index contributed by atoms with van der Waals surface area (Å²) >= 11 is 0. The molecule has 0 aromatic heterocycles. The van der Waals surface area contributed by atoms with Crippen molar-refractivity contribution in [3.05, 3.63) is 29.3 Å². The van der Waals surface area contributed by atoms with E-state index in [1.807, 2.05) is 32.0 Å². The number of carbonyl (C=O) groups excluding carboxylic acids is 1. The van der Waals surface area contributed by atoms with Gasteiger partial charge in [-0.1, -0.05) is 19.4 Å². The van der Waals surface area contributed by atoms with E-state index < -0.39 is 10.0 Å². The lowest BCUT2D eigenvalue weighted by Crippen LogP contribution is -2.35. The maximum absolute atomic E-state index is 12.1. The fourth-order valence-corrected chi connectivity index (χ4v) is 3.40. The van der Waals surface area contributed by atoms with Gasteiger partial charge < -0.3 is 4.90 Å². The van der Waals surface area contributed by atoms with Crippen LogP contribution in [0.4, 0.5) is 5.69 Å². The molecule has 0 fully saturated rings. The Kier molecular flexibility index (Phi) is 7.06. The van der Waals surface area contributed by atoms with E-state index in [4.69, 9.17) is 0 Å². The van der Waals surface area contributed by atoms with Gasteiger partial charge in [0.25, 0.3) is 0 Å². The molecule has 1 aromatic carbocycles. The van der Waals surface area contributed by atoms with Gasteiger partial charge in [-0.3, -0.25) is 9.10 Å². The third-order valence-corrected chi connectivity index (χ3v) is 4.89. The lowest BCUT2D eigenvalue weighted by molar-refractivity contribution is -0.129. The van der Waals surface area contributed by atoms with Gasteiger partial charge >= 0.3 is 0 Å². The van der Waals surface area contributed by atoms with Crippen LogP contribution in [-0.4, -0.2) is 45.6 Å². The first kappa shape index (κ1) is 19.5. The Morgan fingerprint density at radius 2 is 1.65 bits per heavy atom. The molecule has 0 saturated heterocycles. The van der Waals surface area contributed by atoms with E-state index in [-0.39, 0.29) is 18.9 Å². The molecule has 23 heavy (non-hydrogen) atoms. The Morgan fingerprint density at radius 3 is 2.13 bits per heavy atom. The van der Waals surface area contributed by atoms with E-state index in [1.54, 1.807) is 11.9 Å². The number of benzene rings is 1. The fraction of sp³-hybridized carbons (Fsp3) is 0.588. The number of aryl methyl sites for hydroxylation is 2. The lowest BCUT2D eigenvalue weighted by atomic mass is 10.1. The van der Waals surface area contributed by atoms with Crippen LogP contribution in [0.3, 0.4) is 0 Å². The summed E-state index contributed by atoms with van der Waals surface area (Å²) in [4.78, 5) is 13.8. The molecule has 0 aliphatic heterocycles. The van der Waals surface area contributed by atoms with Crippen LogP contribution in [-0.2, 0) is 14.8 Å². The maximum atomic E-state index is 12.1. The van der Waals surface area contributed by atoms with Crippen LogP contribution in [0.15, 0.2) is 18.2 Å². The fourth-order valence-electron chi connectivity index (χ4n) is 2.49. The average Bonchev–Trinajstić information content (AvgIpc) is 2.42. The standard InChI is InChI=1S/C17H28N2O3S/c1-6-7-9-18(4)17(20)8-10-19(23(5,21)22)16-12-14(2)11-15(3)13-16/h11-13H,6-10H2,1-5H3. The van der Waals surface area contributed by atoms with Crippen molar-refractivity contribution >= 4 is 21.6 Å². The van der Waals surface area contributed by atoms with Crippen molar-refractivity contribution in [1.82, 2.24) is 4.90 Å². The zero-order valence-corrected chi connectivity index (χ0v) is 15.6. The van der Waals surface area contributed by atoms with Gasteiger partial charge in [0, 0.05) is 26.6 Å². The third kappa shape index (κ3) is 6.22. The highest BCUT2D eigenvalue weighted by molar-refractivity contribution is 7.92. The SMILES string of the molecule is CCCCN(C)C(=O)CCN(c1cc(C)cc(C)c1)S(C)(=O)=O. The molecule has 0 N–H and O–H groups in total. The second kappa shape index (κ2) is 8.34. The molecule has 1 amide bonds. The summed E-state index contributed by atoms with van der Waals surface area (Å²) in [7, 11) is -1.66. The van der Waals surface area contributed by atoms with Crippen molar-refractivity contribution in [3.8, 4) is 0 Å². The quantitative estimate of drug-likeness (QED) is 0.731. The Balaban J connectivity index is 2.87. The average molecular weight is 340 g/mol. The number of unbranched alkanes of at least 4 members (excludes halogenated alkanes) is 1. The number of hydrogen-bond acceptors (Lipinski definition) is 3. The highest BCUT2D eigenvalue weighted by Crippen LogP contribution is 2.21. The van der Waals surface area contributed by atoms with Gasteiger partial charge in [0.2, 0.25) is 15.9 Å². The molecule has 0 spiro atoms. The maximum Gasteiger partial charge on any atom is 0.232 e. The minimum absolute atomic E-state index is 0.0310. The topological polar surface area (TPSA) is 57.7 Å². The second-order valence-corrected chi connectivity index (χ2v) is 8.01. The number of sulfonamides is 1. The normalized spacial score (nSPS) is 11.3. The van der Waals surface area contributed by atoms with E-state index in [0.717, 1.165) is 24.0 Å². The molecule has 6 heteroatoms. The van der Waals surface area contributed by atoms with Crippen molar-refractivity contribution in [2.75, 3.05) is 30.7 Å². The van der Waals surface area contributed by atoms with Crippen molar-refractivity contribution in [2.24, 2.45) is 0 Å². The van der Waals surface area contributed by atoms with Crippen LogP contribution >= 0.6 is 0 Å². The van der Waals surface area contributed by atoms with Crippen molar-refractivity contribution < 1.29 is 13.2 Å². The zero-order valence-electron chi connectivity index (χ0n) is 14.8. The first-order valence-corrected chi connectivity index (χ1v) is 9.80. The predicted molar refractivity (Wildman–Crippen MR) is 95.3 cm³/mol. The number of amides is 1. The van der Waals surface area contributed by atoms with Gasteiger partial charge in [-0.2, -0.15) is 0 Å². The van der Waals surface area contributed by atoms with E-state index in [0.29, 0.717) is 12.2 Å². The second-order valence-electron chi connectivity index (χ2n) is 6.10.